The van der Waals surface area contributed by atoms with E-state index in [0.717, 1.165) is 40.8 Å². The largest absolute Gasteiger partial charge is 0.444 e. The number of nitrogens with zero attached hydrogens (tertiary/aromatic N) is 6. The number of nitrogen functional groups attached to an aromatic ring is 1. The van der Waals surface area contributed by atoms with Crippen molar-refractivity contribution in [2.45, 2.75) is 51.3 Å². The van der Waals surface area contributed by atoms with Crippen LogP contribution in [0.15, 0.2) is 60.8 Å². The van der Waals surface area contributed by atoms with Crippen molar-refractivity contribution in [2.75, 3.05) is 23.8 Å². The molecule has 5 heterocycles. The van der Waals surface area contributed by atoms with Crippen LogP contribution in [0, 0.1) is 0 Å². The van der Waals surface area contributed by atoms with E-state index >= 15 is 0 Å². The summed E-state index contributed by atoms with van der Waals surface area (Å²) in [5.74, 6) is 1.13. The first-order chi connectivity index (χ1) is 17.8. The van der Waals surface area contributed by atoms with Gasteiger partial charge < -0.3 is 15.4 Å². The number of nitrogens with two attached hydrogens (primary N) is 1. The summed E-state index contributed by atoms with van der Waals surface area (Å²) < 4.78 is 7.80. The Labute approximate surface area is 215 Å². The molecule has 1 aromatic carbocycles. The molecule has 1 amide bonds. The van der Waals surface area contributed by atoms with Crippen LogP contribution in [0.1, 0.15) is 33.6 Å². The number of carbonyl (C=O) groups is 1. The molecule has 0 radical (unpaired) electrons. The molecular formula is C28H31N7O2. The maximum absolute atomic E-state index is 12.9. The number of fused-ring (bicyclic) bond motifs is 3. The minimum Gasteiger partial charge on any atom is -0.444 e. The van der Waals surface area contributed by atoms with E-state index in [2.05, 4.69) is 26.8 Å². The molecule has 2 aliphatic rings. The first-order valence-electron chi connectivity index (χ1n) is 12.7. The van der Waals surface area contributed by atoms with Crippen LogP contribution in [0.25, 0.3) is 33.8 Å². The van der Waals surface area contributed by atoms with Crippen LogP contribution in [-0.2, 0) is 4.74 Å². The first kappa shape index (κ1) is 23.3. The van der Waals surface area contributed by atoms with Gasteiger partial charge in [-0.2, -0.15) is 0 Å². The van der Waals surface area contributed by atoms with Gasteiger partial charge in [-0.25, -0.2) is 24.4 Å². The van der Waals surface area contributed by atoms with Gasteiger partial charge in [0.15, 0.2) is 11.5 Å². The second-order valence-corrected chi connectivity index (χ2v) is 10.7. The number of imidazole rings is 1. The van der Waals surface area contributed by atoms with E-state index in [1.807, 2.05) is 68.1 Å². The fourth-order valence-corrected chi connectivity index (χ4v) is 5.40. The molecule has 0 aliphatic carbocycles. The van der Waals surface area contributed by atoms with Gasteiger partial charge in [-0.15, -0.1) is 0 Å². The zero-order valence-corrected chi connectivity index (χ0v) is 21.3. The number of benzene rings is 1. The third-order valence-corrected chi connectivity index (χ3v) is 6.96. The summed E-state index contributed by atoms with van der Waals surface area (Å²) in [5, 5.41) is 2.35. The number of amides is 1. The van der Waals surface area contributed by atoms with Crippen LogP contribution < -0.4 is 10.7 Å². The molecule has 2 fully saturated rings. The minimum absolute atomic E-state index is 0.0995. The summed E-state index contributed by atoms with van der Waals surface area (Å²) in [6.07, 6.45) is 3.34. The molecular weight excluding hydrogens is 466 g/mol. The molecule has 3 aromatic heterocycles. The molecule has 4 aromatic rings. The number of ether oxygens (including phenoxy) is 1. The lowest BCUT2D eigenvalue weighted by Crippen LogP contribution is -2.60. The van der Waals surface area contributed by atoms with Crippen molar-refractivity contribution in [3.05, 3.63) is 60.8 Å². The van der Waals surface area contributed by atoms with Crippen LogP contribution in [0.3, 0.4) is 0 Å². The SMILES string of the molecule is CC(C)(C)OC(=O)N1CC2CCC(C1)N2n1c(-c2cccnc2N)nc2ccc(-c3ccccc3)nc21. The molecule has 2 saturated heterocycles. The van der Waals surface area contributed by atoms with E-state index in [0.29, 0.717) is 24.7 Å². The molecule has 9 nitrogen and oxygen atoms in total. The third kappa shape index (κ3) is 4.24. The number of piperazine rings is 1. The van der Waals surface area contributed by atoms with Gasteiger partial charge in [-0.3, -0.25) is 5.01 Å². The lowest BCUT2D eigenvalue weighted by Gasteiger charge is -2.43. The second-order valence-electron chi connectivity index (χ2n) is 10.7. The summed E-state index contributed by atoms with van der Waals surface area (Å²) in [6, 6.07) is 18.1. The maximum Gasteiger partial charge on any atom is 0.410 e. The molecule has 2 N–H and O–H groups in total. The normalized spacial score (nSPS) is 19.4. The van der Waals surface area contributed by atoms with Crippen molar-refractivity contribution < 1.29 is 9.53 Å². The van der Waals surface area contributed by atoms with Crippen LogP contribution in [0.2, 0.25) is 0 Å². The highest BCUT2D eigenvalue weighted by Gasteiger charge is 2.44. The molecule has 6 rings (SSSR count). The summed E-state index contributed by atoms with van der Waals surface area (Å²) in [7, 11) is 0. The van der Waals surface area contributed by atoms with Gasteiger partial charge in [0.25, 0.3) is 0 Å². The average Bonchev–Trinajstić information content (AvgIpc) is 3.35. The Hall–Kier alpha value is -4.14. The number of hydrogen-bond donors (Lipinski definition) is 1. The van der Waals surface area contributed by atoms with Gasteiger partial charge in [0, 0.05) is 24.8 Å². The fourth-order valence-electron chi connectivity index (χ4n) is 5.40. The Kier molecular flexibility index (Phi) is 5.51. The van der Waals surface area contributed by atoms with Crippen LogP contribution in [-0.4, -0.2) is 61.4 Å². The molecule has 0 spiro atoms. The molecule has 0 saturated carbocycles. The number of pyridine rings is 2. The lowest BCUT2D eigenvalue weighted by atomic mass is 10.1. The van der Waals surface area contributed by atoms with Crippen molar-refractivity contribution in [3.8, 4) is 22.6 Å². The van der Waals surface area contributed by atoms with Gasteiger partial charge >= 0.3 is 6.09 Å². The lowest BCUT2D eigenvalue weighted by molar-refractivity contribution is 0.0196. The highest BCUT2D eigenvalue weighted by molar-refractivity contribution is 5.83. The Morgan fingerprint density at radius 1 is 0.973 bits per heavy atom. The standard InChI is InChI=1S/C28H31N7O2/c1-28(2,3)37-27(36)33-16-19-11-12-20(17-33)34(19)35-25(21-10-7-15-30-24(21)29)32-23-14-13-22(31-26(23)35)18-8-5-4-6-9-18/h4-10,13-15,19-20H,11-12,16-17H2,1-3H3,(H2,29,30). The number of carbonyl (C=O) groups excluding carboxylic acids is 1. The van der Waals surface area contributed by atoms with Crippen LogP contribution >= 0.6 is 0 Å². The second kappa shape index (κ2) is 8.76. The Balaban J connectivity index is 1.46. The average molecular weight is 498 g/mol. The number of hydrogen-bond acceptors (Lipinski definition) is 7. The van der Waals surface area contributed by atoms with E-state index in [1.165, 1.54) is 0 Å². The molecule has 9 heteroatoms. The van der Waals surface area contributed by atoms with Gasteiger partial charge in [-0.05, 0) is 57.9 Å². The fraction of sp³-hybridized carbons (Fsp3) is 0.357. The summed E-state index contributed by atoms with van der Waals surface area (Å²) in [4.78, 5) is 29.1. The van der Waals surface area contributed by atoms with Gasteiger partial charge in [0.2, 0.25) is 0 Å². The van der Waals surface area contributed by atoms with Gasteiger partial charge in [-0.1, -0.05) is 30.3 Å². The molecule has 2 atom stereocenters. The Bertz CT molecular complexity index is 1450. The zero-order valence-electron chi connectivity index (χ0n) is 21.3. The Morgan fingerprint density at radius 2 is 1.70 bits per heavy atom. The van der Waals surface area contributed by atoms with Crippen molar-refractivity contribution >= 4 is 23.1 Å². The minimum atomic E-state index is -0.531. The summed E-state index contributed by atoms with van der Waals surface area (Å²) in [5.41, 5.74) is 10.0. The molecule has 190 valence electrons. The topological polar surface area (TPSA) is 102 Å². The molecule has 37 heavy (non-hydrogen) atoms. The molecule has 2 unspecified atom stereocenters. The smallest absolute Gasteiger partial charge is 0.410 e. The van der Waals surface area contributed by atoms with E-state index in [4.69, 9.17) is 20.4 Å². The highest BCUT2D eigenvalue weighted by atomic mass is 16.6. The predicted molar refractivity (Wildman–Crippen MR) is 143 cm³/mol. The quantitative estimate of drug-likeness (QED) is 0.446. The first-order valence-corrected chi connectivity index (χ1v) is 12.7. The van der Waals surface area contributed by atoms with Crippen molar-refractivity contribution in [3.63, 3.8) is 0 Å². The van der Waals surface area contributed by atoms with Crippen molar-refractivity contribution in [2.24, 2.45) is 0 Å². The van der Waals surface area contributed by atoms with E-state index < -0.39 is 5.60 Å². The summed E-state index contributed by atoms with van der Waals surface area (Å²) in [6.45, 7) is 6.84. The van der Waals surface area contributed by atoms with Crippen LogP contribution in [0.4, 0.5) is 10.6 Å². The van der Waals surface area contributed by atoms with E-state index in [1.54, 1.807) is 6.20 Å². The highest BCUT2D eigenvalue weighted by Crippen LogP contribution is 2.36. The predicted octanol–water partition coefficient (Wildman–Crippen LogP) is 4.46. The molecule has 2 aliphatic heterocycles. The van der Waals surface area contributed by atoms with Crippen molar-refractivity contribution in [1.29, 1.82) is 0 Å². The summed E-state index contributed by atoms with van der Waals surface area (Å²) >= 11 is 0. The number of likely N-dealkylation sites (tertiary alicyclic amines) is 1. The zero-order chi connectivity index (χ0) is 25.7. The van der Waals surface area contributed by atoms with E-state index in [-0.39, 0.29) is 18.2 Å². The maximum atomic E-state index is 12.9. The van der Waals surface area contributed by atoms with Crippen LogP contribution in [0.5, 0.6) is 0 Å². The monoisotopic (exact) mass is 497 g/mol. The Morgan fingerprint density at radius 3 is 2.38 bits per heavy atom. The van der Waals surface area contributed by atoms with E-state index in [9.17, 15) is 4.79 Å². The number of anilines is 1. The number of aromatic nitrogens is 4. The van der Waals surface area contributed by atoms with Gasteiger partial charge in [0.1, 0.15) is 16.9 Å². The molecule has 2 bridgehead atoms. The van der Waals surface area contributed by atoms with Gasteiger partial charge in [0.05, 0.1) is 23.3 Å². The number of rotatable bonds is 3. The van der Waals surface area contributed by atoms with Crippen molar-refractivity contribution in [1.82, 2.24) is 24.5 Å². The third-order valence-electron chi connectivity index (χ3n) is 6.96.